The van der Waals surface area contributed by atoms with Crippen molar-refractivity contribution in [1.29, 1.82) is 0 Å². The molecule has 1 heterocycles. The normalized spacial score (nSPS) is 10.5. The van der Waals surface area contributed by atoms with Crippen LogP contribution in [-0.2, 0) is 6.42 Å². The van der Waals surface area contributed by atoms with Crippen LogP contribution in [0.2, 0.25) is 0 Å². The number of aromatic nitrogens is 2. The lowest BCUT2D eigenvalue weighted by Gasteiger charge is -2.10. The smallest absolute Gasteiger partial charge is 0.119 e. The summed E-state index contributed by atoms with van der Waals surface area (Å²) in [7, 11) is 0. The quantitative estimate of drug-likeness (QED) is 0.793. The maximum Gasteiger partial charge on any atom is 0.119 e. The molecule has 0 saturated heterocycles. The van der Waals surface area contributed by atoms with E-state index in [1.807, 2.05) is 13.0 Å². The maximum absolute atomic E-state index is 5.84. The third kappa shape index (κ3) is 4.78. The molecule has 1 N–H and O–H groups in total. The minimum Gasteiger partial charge on any atom is -0.494 e. The molecule has 1 aromatic heterocycles. The van der Waals surface area contributed by atoms with Gasteiger partial charge in [-0.05, 0) is 55.9 Å². The number of ether oxygens (including phenoxy) is 1. The average molecular weight is 309 g/mol. The lowest BCUT2D eigenvalue weighted by atomic mass is 10.0. The zero-order chi connectivity index (χ0) is 14.5. The fourth-order valence-corrected chi connectivity index (χ4v) is 2.34. The molecule has 1 aromatic carbocycles. The first-order valence-electron chi connectivity index (χ1n) is 7.31. The largest absolute Gasteiger partial charge is 0.494 e. The molecule has 0 aliphatic carbocycles. The number of aromatic amines is 1. The molecule has 0 radical (unpaired) electrons. The van der Waals surface area contributed by atoms with E-state index in [0.717, 1.165) is 30.9 Å². The third-order valence-corrected chi connectivity index (χ3v) is 3.65. The van der Waals surface area contributed by atoms with E-state index >= 15 is 0 Å². The van der Waals surface area contributed by atoms with Crippen LogP contribution in [0.25, 0.3) is 0 Å². The van der Waals surface area contributed by atoms with E-state index in [9.17, 15) is 0 Å². The van der Waals surface area contributed by atoms with Crippen LogP contribution in [0.5, 0.6) is 5.75 Å². The van der Waals surface area contributed by atoms with Crippen molar-refractivity contribution < 1.29 is 4.74 Å². The van der Waals surface area contributed by atoms with E-state index in [1.165, 1.54) is 16.8 Å². The van der Waals surface area contributed by atoms with Crippen molar-refractivity contribution in [3.05, 3.63) is 46.8 Å². The maximum atomic E-state index is 5.84. The minimum absolute atomic E-state index is 0. The van der Waals surface area contributed by atoms with Crippen LogP contribution in [0.4, 0.5) is 0 Å². The number of hydrogen-bond donors (Lipinski definition) is 1. The van der Waals surface area contributed by atoms with Crippen LogP contribution in [0.1, 0.15) is 48.7 Å². The molecule has 3 nitrogen and oxygen atoms in total. The molecule has 0 aliphatic heterocycles. The molecule has 2 rings (SSSR count). The predicted octanol–water partition coefficient (Wildman–Crippen LogP) is 4.58. The summed E-state index contributed by atoms with van der Waals surface area (Å²) in [6, 6.07) is 8.38. The minimum atomic E-state index is 0. The molecule has 116 valence electrons. The Labute approximate surface area is 133 Å². The van der Waals surface area contributed by atoms with Gasteiger partial charge in [-0.2, -0.15) is 5.10 Å². The summed E-state index contributed by atoms with van der Waals surface area (Å²) in [4.78, 5) is 0. The molecule has 0 amide bonds. The lowest BCUT2D eigenvalue weighted by Crippen LogP contribution is -2.01. The molecule has 0 fully saturated rings. The van der Waals surface area contributed by atoms with E-state index < -0.39 is 0 Å². The van der Waals surface area contributed by atoms with Crippen molar-refractivity contribution in [2.24, 2.45) is 0 Å². The molecule has 0 spiro atoms. The number of aryl methyl sites for hydroxylation is 2. The predicted molar refractivity (Wildman–Crippen MR) is 89.7 cm³/mol. The first-order chi connectivity index (χ1) is 9.58. The fourth-order valence-electron chi connectivity index (χ4n) is 2.34. The first kappa shape index (κ1) is 17.6. The Hall–Kier alpha value is -1.48. The number of H-pyrrole nitrogens is 1. The molecule has 0 atom stereocenters. The average Bonchev–Trinajstić information content (AvgIpc) is 2.75. The second-order valence-corrected chi connectivity index (χ2v) is 5.59. The number of halogens is 1. The molecule has 0 aliphatic rings. The van der Waals surface area contributed by atoms with Gasteiger partial charge in [0.15, 0.2) is 0 Å². The summed E-state index contributed by atoms with van der Waals surface area (Å²) < 4.78 is 5.84. The Morgan fingerprint density at radius 3 is 2.62 bits per heavy atom. The molecule has 4 heteroatoms. The molecule has 0 saturated carbocycles. The van der Waals surface area contributed by atoms with Gasteiger partial charge in [0.1, 0.15) is 5.75 Å². The first-order valence-corrected chi connectivity index (χ1v) is 7.31. The van der Waals surface area contributed by atoms with E-state index in [2.05, 4.69) is 49.2 Å². The van der Waals surface area contributed by atoms with E-state index in [1.54, 1.807) is 0 Å². The number of rotatable bonds is 6. The van der Waals surface area contributed by atoms with Crippen molar-refractivity contribution in [3.63, 3.8) is 0 Å². The Morgan fingerprint density at radius 1 is 1.24 bits per heavy atom. The van der Waals surface area contributed by atoms with Crippen LogP contribution in [-0.4, -0.2) is 16.8 Å². The monoisotopic (exact) mass is 308 g/mol. The Kier molecular flexibility index (Phi) is 6.76. The highest BCUT2D eigenvalue weighted by molar-refractivity contribution is 5.85. The van der Waals surface area contributed by atoms with Crippen molar-refractivity contribution in [2.45, 2.75) is 46.5 Å². The number of benzene rings is 1. The molecule has 21 heavy (non-hydrogen) atoms. The Bertz CT molecular complexity index is 544. The van der Waals surface area contributed by atoms with Gasteiger partial charge in [0.05, 0.1) is 12.3 Å². The van der Waals surface area contributed by atoms with E-state index in [0.29, 0.717) is 5.92 Å². The highest BCUT2D eigenvalue weighted by Gasteiger charge is 2.06. The van der Waals surface area contributed by atoms with Crippen LogP contribution in [0.3, 0.4) is 0 Å². The van der Waals surface area contributed by atoms with Gasteiger partial charge in [-0.3, -0.25) is 5.10 Å². The van der Waals surface area contributed by atoms with Crippen molar-refractivity contribution in [1.82, 2.24) is 10.2 Å². The SMILES string of the molecule is Cc1n[nH]c(C)c1CCCOc1cccc(C(C)C)c1.Cl. The van der Waals surface area contributed by atoms with Gasteiger partial charge in [-0.25, -0.2) is 0 Å². The van der Waals surface area contributed by atoms with Gasteiger partial charge < -0.3 is 4.74 Å². The van der Waals surface area contributed by atoms with Crippen LogP contribution in [0.15, 0.2) is 24.3 Å². The van der Waals surface area contributed by atoms with Crippen molar-refractivity contribution in [2.75, 3.05) is 6.61 Å². The Balaban J connectivity index is 0.00000220. The van der Waals surface area contributed by atoms with Gasteiger partial charge in [0.2, 0.25) is 0 Å². The van der Waals surface area contributed by atoms with E-state index in [-0.39, 0.29) is 12.4 Å². The standard InChI is InChI=1S/C17H24N2O.ClH/c1-12(2)15-7-5-8-16(11-15)20-10-6-9-17-13(3)18-19-14(17)4;/h5,7-8,11-12H,6,9-10H2,1-4H3,(H,18,19);1H. The summed E-state index contributed by atoms with van der Waals surface area (Å²) in [5, 5.41) is 7.24. The number of nitrogens with zero attached hydrogens (tertiary/aromatic N) is 1. The van der Waals surface area contributed by atoms with Gasteiger partial charge in [-0.1, -0.05) is 26.0 Å². The summed E-state index contributed by atoms with van der Waals surface area (Å²) in [6.07, 6.45) is 2.02. The summed E-state index contributed by atoms with van der Waals surface area (Å²) in [6.45, 7) is 9.26. The highest BCUT2D eigenvalue weighted by Crippen LogP contribution is 2.20. The van der Waals surface area contributed by atoms with Crippen molar-refractivity contribution >= 4 is 12.4 Å². The van der Waals surface area contributed by atoms with Gasteiger partial charge >= 0.3 is 0 Å². The van der Waals surface area contributed by atoms with Crippen LogP contribution in [0, 0.1) is 13.8 Å². The summed E-state index contributed by atoms with van der Waals surface area (Å²) in [5.74, 6) is 1.51. The van der Waals surface area contributed by atoms with Gasteiger partial charge in [-0.15, -0.1) is 12.4 Å². The Morgan fingerprint density at radius 2 is 2.00 bits per heavy atom. The summed E-state index contributed by atoms with van der Waals surface area (Å²) in [5.41, 5.74) is 4.92. The fraction of sp³-hybridized carbons (Fsp3) is 0.471. The molecule has 2 aromatic rings. The van der Waals surface area contributed by atoms with Crippen LogP contribution < -0.4 is 4.74 Å². The van der Waals surface area contributed by atoms with Crippen molar-refractivity contribution in [3.8, 4) is 5.75 Å². The van der Waals surface area contributed by atoms with E-state index in [4.69, 9.17) is 4.74 Å². The molecule has 0 bridgehead atoms. The zero-order valence-corrected chi connectivity index (χ0v) is 14.1. The molecular weight excluding hydrogens is 284 g/mol. The second-order valence-electron chi connectivity index (χ2n) is 5.59. The second kappa shape index (κ2) is 8.08. The number of hydrogen-bond acceptors (Lipinski definition) is 2. The molecule has 0 unspecified atom stereocenters. The highest BCUT2D eigenvalue weighted by atomic mass is 35.5. The van der Waals surface area contributed by atoms with Gasteiger partial charge in [0.25, 0.3) is 0 Å². The van der Waals surface area contributed by atoms with Gasteiger partial charge in [0, 0.05) is 5.69 Å². The molecular formula is C17H25ClN2O. The lowest BCUT2D eigenvalue weighted by molar-refractivity contribution is 0.310. The third-order valence-electron chi connectivity index (χ3n) is 3.65. The zero-order valence-electron chi connectivity index (χ0n) is 13.3. The topological polar surface area (TPSA) is 37.9 Å². The van der Waals surface area contributed by atoms with Crippen LogP contribution >= 0.6 is 12.4 Å². The number of nitrogens with one attached hydrogen (secondary N) is 1. The summed E-state index contributed by atoms with van der Waals surface area (Å²) >= 11 is 0.